The molecule has 0 atom stereocenters. The average molecular weight is 445 g/mol. The Balaban J connectivity index is 1.35. The summed E-state index contributed by atoms with van der Waals surface area (Å²) < 4.78 is 1.76. The SMILES string of the molecule is Cc1cc(C)nc(-n2nc(C)c(CC(=O)N3CCN(C/C=C/c4ccccc4)CC3)c2C)n1. The van der Waals surface area contributed by atoms with Crippen LogP contribution in [0.25, 0.3) is 12.0 Å². The van der Waals surface area contributed by atoms with E-state index < -0.39 is 0 Å². The normalized spacial score (nSPS) is 14.8. The van der Waals surface area contributed by atoms with Crippen LogP contribution in [0.4, 0.5) is 0 Å². The number of rotatable bonds is 6. The van der Waals surface area contributed by atoms with Crippen LogP contribution < -0.4 is 0 Å². The summed E-state index contributed by atoms with van der Waals surface area (Å²) in [6.45, 7) is 12.0. The lowest BCUT2D eigenvalue weighted by atomic mass is 10.1. The maximum absolute atomic E-state index is 13.1. The first-order chi connectivity index (χ1) is 15.9. The van der Waals surface area contributed by atoms with Gasteiger partial charge in [-0.2, -0.15) is 5.10 Å². The van der Waals surface area contributed by atoms with Crippen molar-refractivity contribution in [2.24, 2.45) is 0 Å². The third kappa shape index (κ3) is 5.54. The van der Waals surface area contributed by atoms with E-state index in [1.165, 1.54) is 5.56 Å². The molecular formula is C26H32N6O. The van der Waals surface area contributed by atoms with Gasteiger partial charge in [0.2, 0.25) is 5.91 Å². The standard InChI is InChI=1S/C26H32N6O/c1-19-17-20(2)28-26(27-19)32-22(4)24(21(3)29-32)18-25(33)31-15-13-30(14-16-31)12-8-11-23-9-6-5-7-10-23/h5-11,17H,12-16,18H2,1-4H3/b11-8+. The van der Waals surface area contributed by atoms with Crippen LogP contribution >= 0.6 is 0 Å². The van der Waals surface area contributed by atoms with E-state index in [0.29, 0.717) is 12.4 Å². The van der Waals surface area contributed by atoms with Gasteiger partial charge in [0.15, 0.2) is 0 Å². The predicted octanol–water partition coefficient (Wildman–Crippen LogP) is 3.30. The first-order valence-electron chi connectivity index (χ1n) is 11.5. The fourth-order valence-electron chi connectivity index (χ4n) is 4.27. The first kappa shape index (κ1) is 22.9. The van der Waals surface area contributed by atoms with Crippen molar-refractivity contribution in [3.8, 4) is 5.95 Å². The number of hydrogen-bond donors (Lipinski definition) is 0. The highest BCUT2D eigenvalue weighted by atomic mass is 16.2. The number of benzene rings is 1. The lowest BCUT2D eigenvalue weighted by Crippen LogP contribution is -2.49. The molecule has 3 heterocycles. The van der Waals surface area contributed by atoms with Gasteiger partial charge in [-0.1, -0.05) is 42.5 Å². The Labute approximate surface area is 195 Å². The first-order valence-corrected chi connectivity index (χ1v) is 11.5. The third-order valence-electron chi connectivity index (χ3n) is 6.13. The molecule has 0 radical (unpaired) electrons. The van der Waals surface area contributed by atoms with Crippen molar-refractivity contribution in [1.82, 2.24) is 29.5 Å². The Morgan fingerprint density at radius 1 is 0.970 bits per heavy atom. The van der Waals surface area contributed by atoms with Gasteiger partial charge >= 0.3 is 0 Å². The van der Waals surface area contributed by atoms with E-state index in [9.17, 15) is 4.79 Å². The number of aryl methyl sites for hydroxylation is 3. The van der Waals surface area contributed by atoms with Crippen LogP contribution in [-0.4, -0.2) is 68.2 Å². The van der Waals surface area contributed by atoms with Crippen molar-refractivity contribution in [3.05, 3.63) is 76.4 Å². The molecule has 0 N–H and O–H groups in total. The molecule has 1 amide bonds. The van der Waals surface area contributed by atoms with Crippen LogP contribution in [0.1, 0.15) is 33.9 Å². The Hall–Kier alpha value is -3.32. The molecule has 1 aromatic carbocycles. The van der Waals surface area contributed by atoms with Gasteiger partial charge < -0.3 is 4.90 Å². The molecule has 0 spiro atoms. The number of piperazine rings is 1. The van der Waals surface area contributed by atoms with E-state index in [-0.39, 0.29) is 5.91 Å². The van der Waals surface area contributed by atoms with Crippen molar-refractivity contribution in [2.45, 2.75) is 34.1 Å². The second kappa shape index (κ2) is 10.1. The van der Waals surface area contributed by atoms with E-state index in [0.717, 1.165) is 61.1 Å². The van der Waals surface area contributed by atoms with Crippen LogP contribution in [0.3, 0.4) is 0 Å². The third-order valence-corrected chi connectivity index (χ3v) is 6.13. The zero-order chi connectivity index (χ0) is 23.4. The topological polar surface area (TPSA) is 67.2 Å². The Morgan fingerprint density at radius 3 is 2.30 bits per heavy atom. The minimum atomic E-state index is 0.154. The molecule has 7 heteroatoms. The highest BCUT2D eigenvalue weighted by Gasteiger charge is 2.24. The Kier molecular flexibility index (Phi) is 6.99. The van der Waals surface area contributed by atoms with Crippen LogP contribution in [0.2, 0.25) is 0 Å². The zero-order valence-corrected chi connectivity index (χ0v) is 20.0. The molecule has 7 nitrogen and oxygen atoms in total. The number of nitrogens with zero attached hydrogens (tertiary/aromatic N) is 6. The van der Waals surface area contributed by atoms with Gasteiger partial charge in [0.05, 0.1) is 12.1 Å². The molecule has 2 aromatic heterocycles. The second-order valence-corrected chi connectivity index (χ2v) is 8.68. The maximum Gasteiger partial charge on any atom is 0.251 e. The van der Waals surface area contributed by atoms with E-state index in [4.69, 9.17) is 0 Å². The van der Waals surface area contributed by atoms with Crippen molar-refractivity contribution in [1.29, 1.82) is 0 Å². The van der Waals surface area contributed by atoms with Gasteiger partial charge in [-0.3, -0.25) is 9.69 Å². The van der Waals surface area contributed by atoms with Gasteiger partial charge in [-0.15, -0.1) is 0 Å². The average Bonchev–Trinajstić information content (AvgIpc) is 3.08. The molecule has 0 bridgehead atoms. The van der Waals surface area contributed by atoms with Crippen molar-refractivity contribution in [3.63, 3.8) is 0 Å². The molecule has 1 aliphatic rings. The fraction of sp³-hybridized carbons (Fsp3) is 0.385. The summed E-state index contributed by atoms with van der Waals surface area (Å²) in [4.78, 5) is 26.5. The van der Waals surface area contributed by atoms with E-state index in [1.807, 2.05) is 56.9 Å². The quantitative estimate of drug-likeness (QED) is 0.584. The number of amides is 1. The summed E-state index contributed by atoms with van der Waals surface area (Å²) in [6, 6.07) is 12.3. The second-order valence-electron chi connectivity index (χ2n) is 8.68. The number of carbonyl (C=O) groups is 1. The fourth-order valence-corrected chi connectivity index (χ4v) is 4.27. The molecule has 1 fully saturated rings. The summed E-state index contributed by atoms with van der Waals surface area (Å²) >= 11 is 0. The predicted molar refractivity (Wildman–Crippen MR) is 130 cm³/mol. The van der Waals surface area contributed by atoms with Gasteiger partial charge in [-0.05, 0) is 39.3 Å². The largest absolute Gasteiger partial charge is 0.340 e. The summed E-state index contributed by atoms with van der Waals surface area (Å²) in [6.07, 6.45) is 4.71. The smallest absolute Gasteiger partial charge is 0.251 e. The summed E-state index contributed by atoms with van der Waals surface area (Å²) in [7, 11) is 0. The van der Waals surface area contributed by atoms with Crippen molar-refractivity contribution in [2.75, 3.05) is 32.7 Å². The van der Waals surface area contributed by atoms with Crippen LogP contribution in [-0.2, 0) is 11.2 Å². The Morgan fingerprint density at radius 2 is 1.64 bits per heavy atom. The highest BCUT2D eigenvalue weighted by Crippen LogP contribution is 2.18. The van der Waals surface area contributed by atoms with E-state index >= 15 is 0 Å². The molecule has 0 unspecified atom stereocenters. The summed E-state index contributed by atoms with van der Waals surface area (Å²) in [5.41, 5.74) is 5.77. The molecule has 0 aliphatic carbocycles. The van der Waals surface area contributed by atoms with Crippen LogP contribution in [0, 0.1) is 27.7 Å². The monoisotopic (exact) mass is 444 g/mol. The number of carbonyl (C=O) groups excluding carboxylic acids is 1. The van der Waals surface area contributed by atoms with Gasteiger partial charge in [-0.25, -0.2) is 14.6 Å². The van der Waals surface area contributed by atoms with E-state index in [1.54, 1.807) is 4.68 Å². The molecule has 0 saturated carbocycles. The molecule has 4 rings (SSSR count). The minimum Gasteiger partial charge on any atom is -0.340 e. The summed E-state index contributed by atoms with van der Waals surface area (Å²) in [5.74, 6) is 0.713. The van der Waals surface area contributed by atoms with Crippen molar-refractivity contribution >= 4 is 12.0 Å². The van der Waals surface area contributed by atoms with Crippen molar-refractivity contribution < 1.29 is 4.79 Å². The molecule has 1 saturated heterocycles. The molecular weight excluding hydrogens is 412 g/mol. The zero-order valence-electron chi connectivity index (χ0n) is 20.0. The highest BCUT2D eigenvalue weighted by molar-refractivity contribution is 5.79. The number of hydrogen-bond acceptors (Lipinski definition) is 5. The van der Waals surface area contributed by atoms with Crippen LogP contribution in [0.5, 0.6) is 0 Å². The maximum atomic E-state index is 13.1. The number of aromatic nitrogens is 4. The van der Waals surface area contributed by atoms with Crippen LogP contribution in [0.15, 0.2) is 42.5 Å². The molecule has 1 aliphatic heterocycles. The molecule has 172 valence electrons. The van der Waals surface area contributed by atoms with Gasteiger partial charge in [0.1, 0.15) is 0 Å². The lowest BCUT2D eigenvalue weighted by Gasteiger charge is -2.34. The Bertz CT molecular complexity index is 1120. The minimum absolute atomic E-state index is 0.154. The van der Waals surface area contributed by atoms with E-state index in [2.05, 4.69) is 44.3 Å². The van der Waals surface area contributed by atoms with Gasteiger partial charge in [0.25, 0.3) is 5.95 Å². The molecule has 3 aromatic rings. The lowest BCUT2D eigenvalue weighted by molar-refractivity contribution is -0.132. The molecule has 33 heavy (non-hydrogen) atoms. The summed E-state index contributed by atoms with van der Waals surface area (Å²) in [5, 5.41) is 4.64. The van der Waals surface area contributed by atoms with Gasteiger partial charge in [0, 0.05) is 55.4 Å².